The van der Waals surface area contributed by atoms with Crippen LogP contribution in [0.3, 0.4) is 0 Å². The SMILES string of the molecule is CCC1(C)CCOOC(C)(C)C(C)(C)C1(C)C. The van der Waals surface area contributed by atoms with Crippen LogP contribution in [0.25, 0.3) is 0 Å². The predicted octanol–water partition coefficient (Wildman–Crippen LogP) is 4.59. The van der Waals surface area contributed by atoms with E-state index >= 15 is 0 Å². The molecule has 1 fully saturated rings. The molecule has 1 aliphatic heterocycles. The average molecular weight is 242 g/mol. The third-order valence-corrected chi connectivity index (χ3v) is 6.36. The molecule has 1 saturated heterocycles. The molecule has 0 aromatic carbocycles. The highest BCUT2D eigenvalue weighted by atomic mass is 17.2. The van der Waals surface area contributed by atoms with Gasteiger partial charge >= 0.3 is 0 Å². The monoisotopic (exact) mass is 242 g/mol. The summed E-state index contributed by atoms with van der Waals surface area (Å²) in [5.41, 5.74) is 0.206. The lowest BCUT2D eigenvalue weighted by molar-refractivity contribution is -0.401. The van der Waals surface area contributed by atoms with Crippen molar-refractivity contribution in [2.75, 3.05) is 6.61 Å². The molecular weight excluding hydrogens is 212 g/mol. The normalized spacial score (nSPS) is 36.0. The van der Waals surface area contributed by atoms with E-state index in [1.165, 1.54) is 6.42 Å². The lowest BCUT2D eigenvalue weighted by Gasteiger charge is -2.59. The Balaban J connectivity index is 3.27. The lowest BCUT2D eigenvalue weighted by Crippen LogP contribution is -2.58. The molecule has 17 heavy (non-hydrogen) atoms. The first-order chi connectivity index (χ1) is 7.52. The van der Waals surface area contributed by atoms with E-state index in [0.717, 1.165) is 6.42 Å². The van der Waals surface area contributed by atoms with E-state index in [9.17, 15) is 0 Å². The number of hydrogen-bond acceptors (Lipinski definition) is 2. The van der Waals surface area contributed by atoms with Crippen molar-refractivity contribution in [3.05, 3.63) is 0 Å². The maximum Gasteiger partial charge on any atom is 0.104 e. The van der Waals surface area contributed by atoms with E-state index in [1.807, 2.05) is 0 Å². The van der Waals surface area contributed by atoms with Crippen molar-refractivity contribution in [2.24, 2.45) is 16.2 Å². The van der Waals surface area contributed by atoms with Gasteiger partial charge in [0.2, 0.25) is 0 Å². The Morgan fingerprint density at radius 3 is 1.88 bits per heavy atom. The number of hydrogen-bond donors (Lipinski definition) is 0. The molecule has 0 radical (unpaired) electrons. The van der Waals surface area contributed by atoms with Crippen molar-refractivity contribution in [1.82, 2.24) is 0 Å². The summed E-state index contributed by atoms with van der Waals surface area (Å²) in [6.07, 6.45) is 2.22. The van der Waals surface area contributed by atoms with Gasteiger partial charge in [0.25, 0.3) is 0 Å². The van der Waals surface area contributed by atoms with Gasteiger partial charge in [0, 0.05) is 5.41 Å². The van der Waals surface area contributed by atoms with E-state index in [4.69, 9.17) is 9.78 Å². The standard InChI is InChI=1S/C15H30O2/c1-9-15(8)10-11-16-17-14(6,7)12(2,3)13(15,4)5/h9-11H2,1-8H3. The molecule has 1 unspecified atom stereocenters. The Labute approximate surface area is 107 Å². The Kier molecular flexibility index (Phi) is 3.73. The van der Waals surface area contributed by atoms with Crippen LogP contribution in [0.5, 0.6) is 0 Å². The Morgan fingerprint density at radius 2 is 1.41 bits per heavy atom. The molecule has 1 rings (SSSR count). The van der Waals surface area contributed by atoms with E-state index in [-0.39, 0.29) is 21.8 Å². The fourth-order valence-electron chi connectivity index (χ4n) is 3.00. The average Bonchev–Trinajstić information content (AvgIpc) is 2.22. The molecule has 0 bridgehead atoms. The molecule has 0 aromatic heterocycles. The molecule has 2 heteroatoms. The third-order valence-electron chi connectivity index (χ3n) is 6.36. The highest BCUT2D eigenvalue weighted by Gasteiger charge is 2.57. The highest BCUT2D eigenvalue weighted by Crippen LogP contribution is 2.60. The van der Waals surface area contributed by atoms with Gasteiger partial charge in [0.15, 0.2) is 0 Å². The molecule has 2 nitrogen and oxygen atoms in total. The summed E-state index contributed by atoms with van der Waals surface area (Å²) >= 11 is 0. The van der Waals surface area contributed by atoms with Crippen molar-refractivity contribution < 1.29 is 9.78 Å². The quantitative estimate of drug-likeness (QED) is 0.626. The van der Waals surface area contributed by atoms with E-state index in [1.54, 1.807) is 0 Å². The summed E-state index contributed by atoms with van der Waals surface area (Å²) in [5.74, 6) is 0. The van der Waals surface area contributed by atoms with Crippen molar-refractivity contribution in [3.63, 3.8) is 0 Å². The topological polar surface area (TPSA) is 18.5 Å². The summed E-state index contributed by atoms with van der Waals surface area (Å²) in [6, 6.07) is 0. The summed E-state index contributed by atoms with van der Waals surface area (Å²) in [5, 5.41) is 0. The minimum absolute atomic E-state index is 0.0329. The molecule has 0 aromatic rings. The van der Waals surface area contributed by atoms with E-state index in [2.05, 4.69) is 55.4 Å². The smallest absolute Gasteiger partial charge is 0.104 e. The minimum Gasteiger partial charge on any atom is -0.236 e. The Bertz CT molecular complexity index is 279. The van der Waals surface area contributed by atoms with Crippen molar-refractivity contribution in [1.29, 1.82) is 0 Å². The Morgan fingerprint density at radius 1 is 0.882 bits per heavy atom. The van der Waals surface area contributed by atoms with Gasteiger partial charge in [0.05, 0.1) is 6.61 Å². The van der Waals surface area contributed by atoms with Crippen LogP contribution in [-0.2, 0) is 9.78 Å². The van der Waals surface area contributed by atoms with Gasteiger partial charge in [-0.05, 0) is 31.1 Å². The molecule has 0 N–H and O–H groups in total. The molecule has 1 atom stereocenters. The van der Waals surface area contributed by atoms with Gasteiger partial charge in [-0.25, -0.2) is 9.78 Å². The van der Waals surface area contributed by atoms with Crippen LogP contribution in [0.1, 0.15) is 68.2 Å². The first-order valence-corrected chi connectivity index (χ1v) is 6.82. The van der Waals surface area contributed by atoms with Gasteiger partial charge in [-0.1, -0.05) is 48.0 Å². The molecule has 102 valence electrons. The van der Waals surface area contributed by atoms with E-state index < -0.39 is 0 Å². The zero-order chi connectivity index (χ0) is 13.5. The van der Waals surface area contributed by atoms with Gasteiger partial charge in [-0.15, -0.1) is 0 Å². The maximum atomic E-state index is 5.66. The number of rotatable bonds is 1. The first-order valence-electron chi connectivity index (χ1n) is 6.82. The predicted molar refractivity (Wildman–Crippen MR) is 71.7 cm³/mol. The summed E-state index contributed by atoms with van der Waals surface area (Å²) in [4.78, 5) is 11.1. The molecule has 0 aliphatic carbocycles. The maximum absolute atomic E-state index is 5.66. The zero-order valence-electron chi connectivity index (χ0n) is 12.9. The van der Waals surface area contributed by atoms with Crippen molar-refractivity contribution >= 4 is 0 Å². The fourth-order valence-corrected chi connectivity index (χ4v) is 3.00. The molecular formula is C15H30O2. The van der Waals surface area contributed by atoms with Gasteiger partial charge in [0.1, 0.15) is 5.60 Å². The van der Waals surface area contributed by atoms with Gasteiger partial charge in [-0.3, -0.25) is 0 Å². The van der Waals surface area contributed by atoms with Crippen molar-refractivity contribution in [2.45, 2.75) is 73.8 Å². The first kappa shape index (κ1) is 15.0. The largest absolute Gasteiger partial charge is 0.236 e. The van der Waals surface area contributed by atoms with E-state index in [0.29, 0.717) is 6.61 Å². The molecule has 0 spiro atoms. The van der Waals surface area contributed by atoms with Crippen molar-refractivity contribution in [3.8, 4) is 0 Å². The van der Waals surface area contributed by atoms with Crippen LogP contribution in [0.2, 0.25) is 0 Å². The molecule has 0 saturated carbocycles. The lowest BCUT2D eigenvalue weighted by atomic mass is 9.48. The summed E-state index contributed by atoms with van der Waals surface area (Å²) < 4.78 is 0. The molecule has 1 heterocycles. The molecule has 0 amide bonds. The Hall–Kier alpha value is -0.0800. The van der Waals surface area contributed by atoms with Crippen LogP contribution in [0.15, 0.2) is 0 Å². The fraction of sp³-hybridized carbons (Fsp3) is 1.00. The summed E-state index contributed by atoms with van der Waals surface area (Å²) in [7, 11) is 0. The van der Waals surface area contributed by atoms with Crippen LogP contribution in [0.4, 0.5) is 0 Å². The second-order valence-corrected chi connectivity index (χ2v) is 7.33. The van der Waals surface area contributed by atoms with Gasteiger partial charge < -0.3 is 0 Å². The minimum atomic E-state index is -0.284. The zero-order valence-corrected chi connectivity index (χ0v) is 12.9. The third kappa shape index (κ3) is 2.04. The van der Waals surface area contributed by atoms with Crippen LogP contribution >= 0.6 is 0 Å². The van der Waals surface area contributed by atoms with Crippen LogP contribution < -0.4 is 0 Å². The second kappa shape index (κ2) is 4.24. The van der Waals surface area contributed by atoms with Gasteiger partial charge in [-0.2, -0.15) is 0 Å². The molecule has 1 aliphatic rings. The van der Waals surface area contributed by atoms with Crippen LogP contribution in [-0.4, -0.2) is 12.2 Å². The summed E-state index contributed by atoms with van der Waals surface area (Å²) in [6.45, 7) is 19.0. The second-order valence-electron chi connectivity index (χ2n) is 7.33. The highest BCUT2D eigenvalue weighted by molar-refractivity contribution is 5.05. The van der Waals surface area contributed by atoms with Crippen LogP contribution in [0, 0.1) is 16.2 Å².